The zero-order valence-corrected chi connectivity index (χ0v) is 11.9. The fourth-order valence-corrected chi connectivity index (χ4v) is 2.73. The van der Waals surface area contributed by atoms with E-state index in [2.05, 4.69) is 5.32 Å². The molecule has 1 amide bonds. The Hall–Kier alpha value is -1.60. The van der Waals surface area contributed by atoms with E-state index in [1.807, 2.05) is 0 Å². The number of rotatable bonds is 5. The van der Waals surface area contributed by atoms with Crippen molar-refractivity contribution in [3.63, 3.8) is 0 Å². The third-order valence-electron chi connectivity index (χ3n) is 3.40. The normalized spacial score (nSPS) is 21.1. The van der Waals surface area contributed by atoms with Crippen LogP contribution in [-0.2, 0) is 0 Å². The molecule has 20 heavy (non-hydrogen) atoms. The maximum Gasteiger partial charge on any atom is 0.283 e. The number of nitro groups is 1. The second-order valence-corrected chi connectivity index (χ2v) is 5.69. The van der Waals surface area contributed by atoms with Gasteiger partial charge in [0.2, 0.25) is 0 Å². The van der Waals surface area contributed by atoms with Gasteiger partial charge in [-0.2, -0.15) is 0 Å². The maximum absolute atomic E-state index is 11.9. The Morgan fingerprint density at radius 3 is 2.80 bits per heavy atom. The van der Waals surface area contributed by atoms with Gasteiger partial charge in [0.1, 0.15) is 0 Å². The highest BCUT2D eigenvalue weighted by atomic mass is 32.2. The summed E-state index contributed by atoms with van der Waals surface area (Å²) in [4.78, 5) is 22.9. The average molecular weight is 296 g/mol. The molecule has 0 aromatic heterocycles. The highest BCUT2D eigenvalue weighted by Crippen LogP contribution is 2.29. The number of hydrogen-bond donors (Lipinski definition) is 2. The third kappa shape index (κ3) is 3.29. The number of thioether (sulfide) groups is 1. The number of hydrogen-bond acceptors (Lipinski definition) is 5. The third-order valence-corrected chi connectivity index (χ3v) is 4.18. The summed E-state index contributed by atoms with van der Waals surface area (Å²) in [5.74, 6) is -0.0171. The first kappa shape index (κ1) is 14.8. The second-order valence-electron chi connectivity index (χ2n) is 4.85. The van der Waals surface area contributed by atoms with E-state index in [-0.39, 0.29) is 23.3 Å². The van der Waals surface area contributed by atoms with Crippen LogP contribution in [0.15, 0.2) is 23.1 Å². The monoisotopic (exact) mass is 296 g/mol. The van der Waals surface area contributed by atoms with E-state index in [1.54, 1.807) is 18.4 Å². The van der Waals surface area contributed by atoms with Crippen LogP contribution in [0.4, 0.5) is 5.69 Å². The molecule has 0 spiro atoms. The summed E-state index contributed by atoms with van der Waals surface area (Å²) in [6.07, 6.45) is 2.90. The van der Waals surface area contributed by atoms with Gasteiger partial charge < -0.3 is 10.4 Å². The first-order chi connectivity index (χ1) is 9.51. The van der Waals surface area contributed by atoms with Crippen LogP contribution in [0.1, 0.15) is 23.2 Å². The topological polar surface area (TPSA) is 92.5 Å². The van der Waals surface area contributed by atoms with Gasteiger partial charge in [-0.25, -0.2) is 0 Å². The van der Waals surface area contributed by atoms with Crippen LogP contribution in [0, 0.1) is 16.0 Å². The average Bonchev–Trinajstić information content (AvgIpc) is 2.41. The lowest BCUT2D eigenvalue weighted by Gasteiger charge is -2.31. The Morgan fingerprint density at radius 2 is 2.25 bits per heavy atom. The number of amides is 1. The molecule has 1 aromatic carbocycles. The molecule has 0 unspecified atom stereocenters. The van der Waals surface area contributed by atoms with Gasteiger partial charge in [0, 0.05) is 18.2 Å². The van der Waals surface area contributed by atoms with Crippen molar-refractivity contribution in [3.05, 3.63) is 33.9 Å². The molecular formula is C13H16N2O4S. The molecule has 1 fully saturated rings. The minimum atomic E-state index is -0.481. The molecule has 1 aliphatic carbocycles. The number of aliphatic hydroxyl groups excluding tert-OH is 1. The number of nitrogens with one attached hydrogen (secondary N) is 1. The molecule has 0 heterocycles. The molecule has 1 aliphatic rings. The number of benzene rings is 1. The van der Waals surface area contributed by atoms with Crippen LogP contribution in [0.2, 0.25) is 0 Å². The van der Waals surface area contributed by atoms with Gasteiger partial charge in [0.05, 0.1) is 15.9 Å². The first-order valence-electron chi connectivity index (χ1n) is 6.30. The number of nitro benzene ring substituents is 1. The molecule has 108 valence electrons. The molecule has 1 saturated carbocycles. The molecule has 7 heteroatoms. The highest BCUT2D eigenvalue weighted by Gasteiger charge is 2.27. The van der Waals surface area contributed by atoms with Crippen molar-refractivity contribution in [2.75, 3.05) is 12.8 Å². The Labute approximate surface area is 120 Å². The SMILES string of the molecule is CSc1ccc(C(=O)NCC2CC(O)C2)cc1[N+](=O)[O-]. The summed E-state index contributed by atoms with van der Waals surface area (Å²) >= 11 is 1.27. The van der Waals surface area contributed by atoms with Crippen LogP contribution >= 0.6 is 11.8 Å². The first-order valence-corrected chi connectivity index (χ1v) is 7.52. The lowest BCUT2D eigenvalue weighted by Crippen LogP contribution is -2.38. The molecule has 0 atom stereocenters. The fourth-order valence-electron chi connectivity index (χ4n) is 2.18. The van der Waals surface area contributed by atoms with Crippen molar-refractivity contribution in [2.45, 2.75) is 23.8 Å². The lowest BCUT2D eigenvalue weighted by atomic mass is 9.82. The maximum atomic E-state index is 11.9. The molecule has 0 radical (unpaired) electrons. The second kappa shape index (κ2) is 6.23. The van der Waals surface area contributed by atoms with Crippen molar-refractivity contribution >= 4 is 23.4 Å². The number of aliphatic hydroxyl groups is 1. The Morgan fingerprint density at radius 1 is 1.55 bits per heavy atom. The summed E-state index contributed by atoms with van der Waals surface area (Å²) in [5.41, 5.74) is 0.235. The Bertz CT molecular complexity index is 529. The van der Waals surface area contributed by atoms with Crippen molar-refractivity contribution in [2.24, 2.45) is 5.92 Å². The number of carbonyl (C=O) groups is 1. The predicted octanol–water partition coefficient (Wildman–Crippen LogP) is 1.82. The summed E-state index contributed by atoms with van der Waals surface area (Å²) in [5, 5.41) is 22.9. The zero-order chi connectivity index (χ0) is 14.7. The minimum Gasteiger partial charge on any atom is -0.393 e. The predicted molar refractivity (Wildman–Crippen MR) is 75.9 cm³/mol. The number of carbonyl (C=O) groups excluding carboxylic acids is 1. The van der Waals surface area contributed by atoms with Gasteiger partial charge in [-0.1, -0.05) is 0 Å². The summed E-state index contributed by atoms with van der Waals surface area (Å²) in [6.45, 7) is 0.494. The molecular weight excluding hydrogens is 280 g/mol. The van der Waals surface area contributed by atoms with Gasteiger partial charge in [-0.3, -0.25) is 14.9 Å². The van der Waals surface area contributed by atoms with Gasteiger partial charge in [-0.15, -0.1) is 11.8 Å². The molecule has 2 N–H and O–H groups in total. The van der Waals surface area contributed by atoms with Crippen LogP contribution in [0.25, 0.3) is 0 Å². The smallest absolute Gasteiger partial charge is 0.283 e. The van der Waals surface area contributed by atoms with E-state index < -0.39 is 4.92 Å². The summed E-state index contributed by atoms with van der Waals surface area (Å²) in [6, 6.07) is 4.48. The van der Waals surface area contributed by atoms with Gasteiger partial charge in [0.15, 0.2) is 0 Å². The minimum absolute atomic E-state index is 0.0517. The molecule has 0 saturated heterocycles. The molecule has 0 bridgehead atoms. The van der Waals surface area contributed by atoms with Crippen LogP contribution < -0.4 is 5.32 Å². The van der Waals surface area contributed by atoms with Crippen molar-refractivity contribution in [3.8, 4) is 0 Å². The molecule has 2 rings (SSSR count). The summed E-state index contributed by atoms with van der Waals surface area (Å²) in [7, 11) is 0. The molecule has 6 nitrogen and oxygen atoms in total. The Kier molecular flexibility index (Phi) is 4.61. The number of nitrogens with zero attached hydrogens (tertiary/aromatic N) is 1. The standard InChI is InChI=1S/C13H16N2O4S/c1-20-12-3-2-9(6-11(12)15(18)19)13(17)14-7-8-4-10(16)5-8/h2-3,6,8,10,16H,4-5,7H2,1H3,(H,14,17). The van der Waals surface area contributed by atoms with Crippen molar-refractivity contribution < 1.29 is 14.8 Å². The van der Waals surface area contributed by atoms with Gasteiger partial charge in [-0.05, 0) is 37.1 Å². The molecule has 0 aliphatic heterocycles. The van der Waals surface area contributed by atoms with E-state index >= 15 is 0 Å². The van der Waals surface area contributed by atoms with Crippen LogP contribution in [-0.4, -0.2) is 34.8 Å². The summed E-state index contributed by atoms with van der Waals surface area (Å²) < 4.78 is 0. The van der Waals surface area contributed by atoms with Gasteiger partial charge >= 0.3 is 0 Å². The molecule has 1 aromatic rings. The van der Waals surface area contributed by atoms with E-state index in [4.69, 9.17) is 5.11 Å². The van der Waals surface area contributed by atoms with Crippen LogP contribution in [0.5, 0.6) is 0 Å². The van der Waals surface area contributed by atoms with E-state index in [0.29, 0.717) is 30.2 Å². The zero-order valence-electron chi connectivity index (χ0n) is 11.0. The van der Waals surface area contributed by atoms with E-state index in [1.165, 1.54) is 17.8 Å². The van der Waals surface area contributed by atoms with E-state index in [9.17, 15) is 14.9 Å². The van der Waals surface area contributed by atoms with Crippen molar-refractivity contribution in [1.29, 1.82) is 0 Å². The fraction of sp³-hybridized carbons (Fsp3) is 0.462. The van der Waals surface area contributed by atoms with E-state index in [0.717, 1.165) is 0 Å². The van der Waals surface area contributed by atoms with Crippen LogP contribution in [0.3, 0.4) is 0 Å². The van der Waals surface area contributed by atoms with Gasteiger partial charge in [0.25, 0.3) is 11.6 Å². The Balaban J connectivity index is 2.02. The lowest BCUT2D eigenvalue weighted by molar-refractivity contribution is -0.387. The van der Waals surface area contributed by atoms with Crippen molar-refractivity contribution in [1.82, 2.24) is 5.32 Å². The highest BCUT2D eigenvalue weighted by molar-refractivity contribution is 7.98. The quantitative estimate of drug-likeness (QED) is 0.491. The largest absolute Gasteiger partial charge is 0.393 e.